The molecule has 1 heterocycles. The summed E-state index contributed by atoms with van der Waals surface area (Å²) in [4.78, 5) is 8.59. The molecule has 18 heavy (non-hydrogen) atoms. The van der Waals surface area contributed by atoms with E-state index < -0.39 is 0 Å². The summed E-state index contributed by atoms with van der Waals surface area (Å²) in [7, 11) is 3.24. The van der Waals surface area contributed by atoms with Crippen LogP contribution in [0.25, 0.3) is 11.4 Å². The fourth-order valence-corrected chi connectivity index (χ4v) is 1.76. The van der Waals surface area contributed by atoms with Crippen LogP contribution in [0.2, 0.25) is 5.15 Å². The normalized spacial score (nSPS) is 10.4. The van der Waals surface area contributed by atoms with Gasteiger partial charge in [-0.3, -0.25) is 0 Å². The number of benzene rings is 1. The Bertz CT molecular complexity index is 529. The SMILES string of the molecule is COCc1cc(Cl)nc(-c2ccc(OC)cc2)n1. The Balaban J connectivity index is 2.36. The molecule has 0 N–H and O–H groups in total. The molecule has 0 aliphatic heterocycles. The fourth-order valence-electron chi connectivity index (χ4n) is 1.56. The molecule has 0 bridgehead atoms. The zero-order valence-electron chi connectivity index (χ0n) is 10.2. The minimum absolute atomic E-state index is 0.405. The molecule has 5 heteroatoms. The molecule has 1 aromatic carbocycles. The first kappa shape index (κ1) is 12.8. The second kappa shape index (κ2) is 5.80. The lowest BCUT2D eigenvalue weighted by molar-refractivity contribution is 0.181. The smallest absolute Gasteiger partial charge is 0.161 e. The third kappa shape index (κ3) is 2.97. The van der Waals surface area contributed by atoms with Crippen LogP contribution in [-0.2, 0) is 11.3 Å². The van der Waals surface area contributed by atoms with Crippen molar-refractivity contribution in [2.24, 2.45) is 0 Å². The Hall–Kier alpha value is -1.65. The van der Waals surface area contributed by atoms with Crippen LogP contribution in [0.1, 0.15) is 5.69 Å². The zero-order valence-corrected chi connectivity index (χ0v) is 10.9. The molecule has 0 fully saturated rings. The molecule has 0 amide bonds. The Morgan fingerprint density at radius 2 is 1.83 bits per heavy atom. The number of methoxy groups -OCH3 is 2. The van der Waals surface area contributed by atoms with E-state index in [0.29, 0.717) is 17.6 Å². The first-order valence-corrected chi connectivity index (χ1v) is 5.77. The average Bonchev–Trinajstić information content (AvgIpc) is 2.38. The maximum Gasteiger partial charge on any atom is 0.161 e. The number of halogens is 1. The summed E-state index contributed by atoms with van der Waals surface area (Å²) in [6.07, 6.45) is 0. The lowest BCUT2D eigenvalue weighted by atomic mass is 10.2. The van der Waals surface area contributed by atoms with Crippen molar-refractivity contribution in [1.82, 2.24) is 9.97 Å². The number of rotatable bonds is 4. The van der Waals surface area contributed by atoms with Gasteiger partial charge in [0.2, 0.25) is 0 Å². The summed E-state index contributed by atoms with van der Waals surface area (Å²) in [6, 6.07) is 9.19. The Morgan fingerprint density at radius 3 is 2.44 bits per heavy atom. The molecule has 0 saturated carbocycles. The maximum absolute atomic E-state index is 5.96. The van der Waals surface area contributed by atoms with Gasteiger partial charge in [-0.2, -0.15) is 0 Å². The van der Waals surface area contributed by atoms with E-state index in [0.717, 1.165) is 17.0 Å². The van der Waals surface area contributed by atoms with Crippen molar-refractivity contribution in [3.8, 4) is 17.1 Å². The first-order chi connectivity index (χ1) is 8.72. The Labute approximate surface area is 111 Å². The van der Waals surface area contributed by atoms with Crippen molar-refractivity contribution in [1.29, 1.82) is 0 Å². The lowest BCUT2D eigenvalue weighted by Crippen LogP contribution is -1.97. The van der Waals surface area contributed by atoms with Gasteiger partial charge in [0.05, 0.1) is 19.4 Å². The number of hydrogen-bond acceptors (Lipinski definition) is 4. The van der Waals surface area contributed by atoms with Crippen molar-refractivity contribution in [2.45, 2.75) is 6.61 Å². The molecule has 0 aliphatic rings. The van der Waals surface area contributed by atoms with Gasteiger partial charge in [-0.15, -0.1) is 0 Å². The van der Waals surface area contributed by atoms with Crippen molar-refractivity contribution in [3.63, 3.8) is 0 Å². The number of aromatic nitrogens is 2. The first-order valence-electron chi connectivity index (χ1n) is 5.39. The van der Waals surface area contributed by atoms with Crippen LogP contribution in [0.3, 0.4) is 0 Å². The molecule has 0 atom stereocenters. The molecule has 0 spiro atoms. The van der Waals surface area contributed by atoms with E-state index >= 15 is 0 Å². The van der Waals surface area contributed by atoms with Gasteiger partial charge in [0, 0.05) is 12.7 Å². The number of ether oxygens (including phenoxy) is 2. The van der Waals surface area contributed by atoms with Crippen molar-refractivity contribution >= 4 is 11.6 Å². The minimum atomic E-state index is 0.405. The average molecular weight is 265 g/mol. The van der Waals surface area contributed by atoms with E-state index in [1.165, 1.54) is 0 Å². The lowest BCUT2D eigenvalue weighted by Gasteiger charge is -2.05. The van der Waals surface area contributed by atoms with Crippen LogP contribution < -0.4 is 4.74 Å². The largest absolute Gasteiger partial charge is 0.497 e. The van der Waals surface area contributed by atoms with Gasteiger partial charge in [-0.25, -0.2) is 9.97 Å². The Morgan fingerprint density at radius 1 is 1.11 bits per heavy atom. The van der Waals surface area contributed by atoms with E-state index in [4.69, 9.17) is 21.1 Å². The maximum atomic E-state index is 5.96. The molecule has 2 aromatic rings. The van der Waals surface area contributed by atoms with Gasteiger partial charge in [-0.05, 0) is 30.3 Å². The van der Waals surface area contributed by atoms with Crippen LogP contribution in [0.15, 0.2) is 30.3 Å². The molecule has 0 saturated heterocycles. The monoisotopic (exact) mass is 264 g/mol. The summed E-state index contributed by atoms with van der Waals surface area (Å²) in [5, 5.41) is 0.405. The summed E-state index contributed by atoms with van der Waals surface area (Å²) >= 11 is 5.96. The number of nitrogens with zero attached hydrogens (tertiary/aromatic N) is 2. The second-order valence-electron chi connectivity index (χ2n) is 3.67. The molecule has 0 unspecified atom stereocenters. The van der Waals surface area contributed by atoms with E-state index in [2.05, 4.69) is 9.97 Å². The van der Waals surface area contributed by atoms with Gasteiger partial charge in [0.25, 0.3) is 0 Å². The molecular weight excluding hydrogens is 252 g/mol. The molecule has 94 valence electrons. The predicted octanol–water partition coefficient (Wildman–Crippen LogP) is 2.95. The number of hydrogen-bond donors (Lipinski definition) is 0. The fraction of sp³-hybridized carbons (Fsp3) is 0.231. The van der Waals surface area contributed by atoms with E-state index in [1.54, 1.807) is 20.3 Å². The molecule has 0 aliphatic carbocycles. The quantitative estimate of drug-likeness (QED) is 0.797. The van der Waals surface area contributed by atoms with E-state index in [-0.39, 0.29) is 0 Å². The summed E-state index contributed by atoms with van der Waals surface area (Å²) in [6.45, 7) is 0.408. The standard InChI is InChI=1S/C13H13ClN2O2/c1-17-8-10-7-12(14)16-13(15-10)9-3-5-11(18-2)6-4-9/h3-7H,8H2,1-2H3. The highest BCUT2D eigenvalue weighted by atomic mass is 35.5. The van der Waals surface area contributed by atoms with E-state index in [1.807, 2.05) is 24.3 Å². The molecule has 2 rings (SSSR count). The van der Waals surface area contributed by atoms with Crippen LogP contribution in [0, 0.1) is 0 Å². The van der Waals surface area contributed by atoms with E-state index in [9.17, 15) is 0 Å². The van der Waals surface area contributed by atoms with Crippen molar-refractivity contribution in [2.75, 3.05) is 14.2 Å². The third-order valence-corrected chi connectivity index (χ3v) is 2.58. The molecule has 0 radical (unpaired) electrons. The highest BCUT2D eigenvalue weighted by Crippen LogP contribution is 2.21. The van der Waals surface area contributed by atoms with Crippen LogP contribution in [0.4, 0.5) is 0 Å². The minimum Gasteiger partial charge on any atom is -0.497 e. The predicted molar refractivity (Wildman–Crippen MR) is 69.7 cm³/mol. The van der Waals surface area contributed by atoms with Crippen LogP contribution in [0.5, 0.6) is 5.75 Å². The second-order valence-corrected chi connectivity index (χ2v) is 4.05. The van der Waals surface area contributed by atoms with Gasteiger partial charge >= 0.3 is 0 Å². The van der Waals surface area contributed by atoms with Crippen LogP contribution >= 0.6 is 11.6 Å². The van der Waals surface area contributed by atoms with Gasteiger partial charge in [0.1, 0.15) is 10.9 Å². The van der Waals surface area contributed by atoms with Gasteiger partial charge in [0.15, 0.2) is 5.82 Å². The van der Waals surface area contributed by atoms with Crippen molar-refractivity contribution < 1.29 is 9.47 Å². The van der Waals surface area contributed by atoms with Crippen molar-refractivity contribution in [3.05, 3.63) is 41.2 Å². The molecular formula is C13H13ClN2O2. The summed E-state index contributed by atoms with van der Waals surface area (Å²) in [5.41, 5.74) is 1.64. The topological polar surface area (TPSA) is 44.2 Å². The summed E-state index contributed by atoms with van der Waals surface area (Å²) in [5.74, 6) is 1.37. The van der Waals surface area contributed by atoms with Crippen LogP contribution in [-0.4, -0.2) is 24.2 Å². The zero-order chi connectivity index (χ0) is 13.0. The highest BCUT2D eigenvalue weighted by molar-refractivity contribution is 6.29. The summed E-state index contributed by atoms with van der Waals surface area (Å²) < 4.78 is 10.1. The Kier molecular flexibility index (Phi) is 4.12. The van der Waals surface area contributed by atoms with Gasteiger partial charge in [-0.1, -0.05) is 11.6 Å². The highest BCUT2D eigenvalue weighted by Gasteiger charge is 2.06. The van der Waals surface area contributed by atoms with Gasteiger partial charge < -0.3 is 9.47 Å². The molecule has 1 aromatic heterocycles. The molecule has 4 nitrogen and oxygen atoms in total. The third-order valence-electron chi connectivity index (χ3n) is 2.39.